The Bertz CT molecular complexity index is 353. The van der Waals surface area contributed by atoms with Crippen LogP contribution in [0.25, 0.3) is 0 Å². The van der Waals surface area contributed by atoms with E-state index in [4.69, 9.17) is 0 Å². The highest BCUT2D eigenvalue weighted by atomic mass is 127. The smallest absolute Gasteiger partial charge is 0.185 e. The lowest BCUT2D eigenvalue weighted by atomic mass is 10.1. The van der Waals surface area contributed by atoms with Gasteiger partial charge in [0.25, 0.3) is 0 Å². The molecule has 0 aromatic heterocycles. The topological polar surface area (TPSA) is 57.5 Å². The highest BCUT2D eigenvalue weighted by molar-refractivity contribution is 14.1. The molecule has 2 N–H and O–H groups in total. The van der Waals surface area contributed by atoms with E-state index in [1.54, 1.807) is 12.1 Å². The van der Waals surface area contributed by atoms with Crippen LogP contribution >= 0.6 is 34.4 Å². The summed E-state index contributed by atoms with van der Waals surface area (Å²) in [4.78, 5) is 10.7. The van der Waals surface area contributed by atoms with Gasteiger partial charge in [-0.3, -0.25) is 4.79 Å². The van der Waals surface area contributed by atoms with Crippen LogP contribution in [0.1, 0.15) is 18.6 Å². The minimum Gasteiger partial charge on any atom is -0.389 e. The van der Waals surface area contributed by atoms with Crippen LogP contribution in [0.2, 0.25) is 0 Å². The molecule has 1 rings (SSSR count). The summed E-state index contributed by atoms with van der Waals surface area (Å²) in [5.41, 5.74) is 0.664. The Hall–Kier alpha value is -0.110. The summed E-state index contributed by atoms with van der Waals surface area (Å²) >= 11 is 3.18. The molecule has 0 spiro atoms. The molecule has 0 radical (unpaired) electrons. The van der Waals surface area contributed by atoms with E-state index in [0.717, 1.165) is 15.3 Å². The van der Waals surface area contributed by atoms with E-state index in [-0.39, 0.29) is 10.9 Å². The molecule has 0 aliphatic carbocycles. The zero-order chi connectivity index (χ0) is 12.1. The van der Waals surface area contributed by atoms with Crippen molar-refractivity contribution in [3.05, 3.63) is 33.4 Å². The Kier molecular flexibility index (Phi) is 5.74. The van der Waals surface area contributed by atoms with Crippen LogP contribution in [0.4, 0.5) is 0 Å². The number of halogens is 1. The molecule has 1 aromatic rings. The van der Waals surface area contributed by atoms with Crippen LogP contribution in [-0.4, -0.2) is 27.2 Å². The number of aliphatic hydroxyl groups is 2. The van der Waals surface area contributed by atoms with E-state index in [1.165, 1.54) is 6.92 Å². The molecule has 16 heavy (non-hydrogen) atoms. The van der Waals surface area contributed by atoms with Gasteiger partial charge < -0.3 is 10.2 Å². The van der Waals surface area contributed by atoms with Gasteiger partial charge in [-0.05, 0) is 40.3 Å². The Morgan fingerprint density at radius 3 is 2.44 bits per heavy atom. The first-order chi connectivity index (χ1) is 7.50. The predicted molar refractivity (Wildman–Crippen MR) is 73.3 cm³/mol. The number of aliphatic hydroxyl groups excluding tert-OH is 2. The largest absolute Gasteiger partial charge is 0.389 e. The van der Waals surface area contributed by atoms with Crippen molar-refractivity contribution in [3.8, 4) is 0 Å². The lowest BCUT2D eigenvalue weighted by molar-refractivity contribution is -0.109. The van der Waals surface area contributed by atoms with Crippen molar-refractivity contribution in [2.75, 3.05) is 5.75 Å². The highest BCUT2D eigenvalue weighted by Crippen LogP contribution is 2.20. The van der Waals surface area contributed by atoms with E-state index < -0.39 is 12.2 Å². The summed E-state index contributed by atoms with van der Waals surface area (Å²) in [5, 5.41) is 19.4. The summed E-state index contributed by atoms with van der Waals surface area (Å²) in [6.45, 7) is 1.44. The molecule has 0 saturated heterocycles. The van der Waals surface area contributed by atoms with E-state index in [0.29, 0.717) is 5.56 Å². The van der Waals surface area contributed by atoms with Crippen molar-refractivity contribution in [3.63, 3.8) is 0 Å². The van der Waals surface area contributed by atoms with Crippen LogP contribution in [-0.2, 0) is 4.79 Å². The van der Waals surface area contributed by atoms with Crippen LogP contribution in [0, 0.1) is 3.57 Å². The average Bonchev–Trinajstić information content (AvgIpc) is 2.26. The first-order valence-corrected chi connectivity index (χ1v) is 6.82. The predicted octanol–water partition coefficient (Wildman–Crippen LogP) is 1.97. The molecule has 0 aliphatic heterocycles. The number of benzene rings is 1. The molecule has 88 valence electrons. The molecule has 3 nitrogen and oxygen atoms in total. The Labute approximate surface area is 112 Å². The Morgan fingerprint density at radius 1 is 1.38 bits per heavy atom. The maximum Gasteiger partial charge on any atom is 0.185 e. The number of hydrogen-bond acceptors (Lipinski definition) is 4. The minimum atomic E-state index is -0.941. The van der Waals surface area contributed by atoms with Gasteiger partial charge in [-0.15, -0.1) is 0 Å². The molecule has 5 heteroatoms. The molecule has 0 heterocycles. The molecule has 0 saturated carbocycles. The second-order valence-corrected chi connectivity index (χ2v) is 5.81. The molecular formula is C11H13IO3S. The number of carbonyl (C=O) groups excluding carboxylic acids is 1. The molecule has 0 fully saturated rings. The molecule has 0 amide bonds. The third-order valence-electron chi connectivity index (χ3n) is 2.03. The van der Waals surface area contributed by atoms with Crippen molar-refractivity contribution in [1.82, 2.24) is 0 Å². The van der Waals surface area contributed by atoms with Crippen LogP contribution in [0.15, 0.2) is 24.3 Å². The molecule has 0 aliphatic rings. The van der Waals surface area contributed by atoms with Gasteiger partial charge in [-0.25, -0.2) is 0 Å². The monoisotopic (exact) mass is 352 g/mol. The van der Waals surface area contributed by atoms with Crippen molar-refractivity contribution < 1.29 is 15.0 Å². The maximum atomic E-state index is 10.7. The zero-order valence-electron chi connectivity index (χ0n) is 8.76. The van der Waals surface area contributed by atoms with Crippen molar-refractivity contribution in [2.24, 2.45) is 0 Å². The fourth-order valence-corrected chi connectivity index (χ4v) is 2.12. The van der Waals surface area contributed by atoms with E-state index >= 15 is 0 Å². The quantitative estimate of drug-likeness (QED) is 0.814. The number of rotatable bonds is 4. The van der Waals surface area contributed by atoms with Crippen LogP contribution in [0.5, 0.6) is 0 Å². The number of carbonyl (C=O) groups is 1. The maximum absolute atomic E-state index is 10.7. The molecule has 1 aromatic carbocycles. The van der Waals surface area contributed by atoms with Gasteiger partial charge in [0.05, 0.1) is 6.10 Å². The van der Waals surface area contributed by atoms with Gasteiger partial charge in [0.1, 0.15) is 6.10 Å². The standard InChI is InChI=1S/C11H13IO3S/c1-7(13)16-6-10(14)11(15)8-2-4-9(12)5-3-8/h2-5,10-11,14-15H,6H2,1H3. The highest BCUT2D eigenvalue weighted by Gasteiger charge is 2.18. The fraction of sp³-hybridized carbons (Fsp3) is 0.364. The van der Waals surface area contributed by atoms with Crippen molar-refractivity contribution in [2.45, 2.75) is 19.1 Å². The average molecular weight is 352 g/mol. The lowest BCUT2D eigenvalue weighted by Crippen LogP contribution is -2.21. The summed E-state index contributed by atoms with van der Waals surface area (Å²) in [6, 6.07) is 7.27. The molecule has 2 unspecified atom stereocenters. The fourth-order valence-electron chi connectivity index (χ4n) is 1.18. The van der Waals surface area contributed by atoms with E-state index in [1.807, 2.05) is 12.1 Å². The van der Waals surface area contributed by atoms with E-state index in [2.05, 4.69) is 22.6 Å². The summed E-state index contributed by atoms with van der Waals surface area (Å²) < 4.78 is 1.07. The zero-order valence-corrected chi connectivity index (χ0v) is 11.7. The molecule has 0 bridgehead atoms. The van der Waals surface area contributed by atoms with E-state index in [9.17, 15) is 15.0 Å². The van der Waals surface area contributed by atoms with Gasteiger partial charge in [0.15, 0.2) is 5.12 Å². The van der Waals surface area contributed by atoms with Crippen LogP contribution < -0.4 is 0 Å². The first kappa shape index (κ1) is 14.0. The van der Waals surface area contributed by atoms with Gasteiger partial charge in [-0.1, -0.05) is 23.9 Å². The Balaban J connectivity index is 2.59. The Morgan fingerprint density at radius 2 is 1.94 bits per heavy atom. The van der Waals surface area contributed by atoms with Gasteiger partial charge in [0.2, 0.25) is 0 Å². The third-order valence-corrected chi connectivity index (χ3v) is 3.67. The first-order valence-electron chi connectivity index (χ1n) is 4.75. The lowest BCUT2D eigenvalue weighted by Gasteiger charge is -2.17. The van der Waals surface area contributed by atoms with Crippen LogP contribution in [0.3, 0.4) is 0 Å². The molecule has 2 atom stereocenters. The normalized spacial score (nSPS) is 14.5. The molecular weight excluding hydrogens is 339 g/mol. The van der Waals surface area contributed by atoms with Gasteiger partial charge in [-0.2, -0.15) is 0 Å². The van der Waals surface area contributed by atoms with Crippen molar-refractivity contribution >= 4 is 39.5 Å². The van der Waals surface area contributed by atoms with Gasteiger partial charge in [0, 0.05) is 16.2 Å². The number of hydrogen-bond donors (Lipinski definition) is 2. The third kappa shape index (κ3) is 4.40. The summed E-state index contributed by atoms with van der Waals surface area (Å²) in [6.07, 6.45) is -1.86. The summed E-state index contributed by atoms with van der Waals surface area (Å²) in [7, 11) is 0. The SMILES string of the molecule is CC(=O)SCC(O)C(O)c1ccc(I)cc1. The minimum absolute atomic E-state index is 0.0612. The van der Waals surface area contributed by atoms with Crippen molar-refractivity contribution in [1.29, 1.82) is 0 Å². The number of thioether (sulfide) groups is 1. The second-order valence-electron chi connectivity index (χ2n) is 3.37. The summed E-state index contributed by atoms with van der Waals surface area (Å²) in [5.74, 6) is 0.211. The van der Waals surface area contributed by atoms with Gasteiger partial charge >= 0.3 is 0 Å². The second kappa shape index (κ2) is 6.58.